The summed E-state index contributed by atoms with van der Waals surface area (Å²) in [6.45, 7) is 1.86. The molecule has 2 amide bonds. The lowest BCUT2D eigenvalue weighted by Crippen LogP contribution is -2.47. The Kier molecular flexibility index (Phi) is 5.55. The minimum absolute atomic E-state index is 0.121. The number of ether oxygens (including phenoxy) is 1. The fourth-order valence-corrected chi connectivity index (χ4v) is 3.11. The van der Waals surface area contributed by atoms with E-state index in [4.69, 9.17) is 4.74 Å². The first kappa shape index (κ1) is 17.9. The van der Waals surface area contributed by atoms with Gasteiger partial charge in [0.05, 0.1) is 23.1 Å². The third-order valence-electron chi connectivity index (χ3n) is 3.61. The lowest BCUT2D eigenvalue weighted by molar-refractivity contribution is -0.384. The lowest BCUT2D eigenvalue weighted by atomic mass is 9.94. The van der Waals surface area contributed by atoms with Crippen molar-refractivity contribution in [3.8, 4) is 0 Å². The predicted octanol–water partition coefficient (Wildman–Crippen LogP) is 2.50. The predicted molar refractivity (Wildman–Crippen MR) is 89.6 cm³/mol. The maximum absolute atomic E-state index is 12.4. The normalized spacial score (nSPS) is 17.5. The average molecular weight is 398 g/mol. The summed E-state index contributed by atoms with van der Waals surface area (Å²) in [7, 11) is 1.54. The number of nitro groups is 1. The number of carbonyl (C=O) groups is 2. The minimum atomic E-state index is -0.819. The molecule has 0 radical (unpaired) electrons. The van der Waals surface area contributed by atoms with Gasteiger partial charge in [0, 0.05) is 30.2 Å². The van der Waals surface area contributed by atoms with E-state index in [0.717, 1.165) is 0 Å². The summed E-state index contributed by atoms with van der Waals surface area (Å²) in [4.78, 5) is 36.4. The van der Waals surface area contributed by atoms with Crippen LogP contribution in [-0.4, -0.2) is 40.8 Å². The van der Waals surface area contributed by atoms with Crippen molar-refractivity contribution in [2.75, 3.05) is 19.0 Å². The molecule has 1 aromatic carbocycles. The molecule has 1 aliphatic heterocycles. The van der Waals surface area contributed by atoms with Crippen LogP contribution in [0, 0.1) is 10.1 Å². The van der Waals surface area contributed by atoms with Crippen molar-refractivity contribution in [3.05, 3.63) is 51.2 Å². The molecule has 0 saturated heterocycles. The summed E-state index contributed by atoms with van der Waals surface area (Å²) < 4.78 is 5.10. The first-order chi connectivity index (χ1) is 11.4. The number of esters is 1. The Morgan fingerprint density at radius 3 is 2.79 bits per heavy atom. The molecule has 1 heterocycles. The maximum Gasteiger partial charge on any atom is 0.338 e. The van der Waals surface area contributed by atoms with Crippen LogP contribution in [0.2, 0.25) is 0 Å². The number of carbonyl (C=O) groups excluding carboxylic acids is 2. The number of urea groups is 1. The second-order valence-corrected chi connectivity index (χ2v) is 5.57. The number of halogens is 1. The Hall–Kier alpha value is -2.42. The van der Waals surface area contributed by atoms with Crippen molar-refractivity contribution in [2.24, 2.45) is 0 Å². The van der Waals surface area contributed by atoms with Crippen LogP contribution in [-0.2, 0) is 9.53 Å². The van der Waals surface area contributed by atoms with E-state index in [9.17, 15) is 19.7 Å². The summed E-state index contributed by atoms with van der Waals surface area (Å²) in [5, 5.41) is 13.9. The molecule has 9 heteroatoms. The van der Waals surface area contributed by atoms with Gasteiger partial charge in [-0.1, -0.05) is 28.1 Å². The molecule has 0 bridgehead atoms. The van der Waals surface area contributed by atoms with E-state index in [0.29, 0.717) is 11.3 Å². The van der Waals surface area contributed by atoms with E-state index in [2.05, 4.69) is 21.2 Å². The molecule has 1 unspecified atom stereocenters. The van der Waals surface area contributed by atoms with Gasteiger partial charge in [0.25, 0.3) is 5.69 Å². The third-order valence-corrected chi connectivity index (χ3v) is 4.14. The summed E-state index contributed by atoms with van der Waals surface area (Å²) in [6.07, 6.45) is 0. The van der Waals surface area contributed by atoms with Crippen LogP contribution in [0.5, 0.6) is 0 Å². The highest BCUT2D eigenvalue weighted by Crippen LogP contribution is 2.32. The Balaban J connectivity index is 2.58. The van der Waals surface area contributed by atoms with Gasteiger partial charge in [-0.2, -0.15) is 0 Å². The fourth-order valence-electron chi connectivity index (χ4n) is 2.44. The van der Waals surface area contributed by atoms with E-state index >= 15 is 0 Å². The van der Waals surface area contributed by atoms with Crippen molar-refractivity contribution < 1.29 is 19.2 Å². The molecule has 0 aromatic heterocycles. The second-order valence-electron chi connectivity index (χ2n) is 5.01. The fraction of sp³-hybridized carbons (Fsp3) is 0.333. The SMILES string of the molecule is CCOC(=O)C1=C(CBr)N(C)C(=O)NC1c1cccc([N+](=O)[O-])c1. The number of amides is 2. The van der Waals surface area contributed by atoms with Gasteiger partial charge >= 0.3 is 12.0 Å². The molecule has 0 fully saturated rings. The van der Waals surface area contributed by atoms with Crippen molar-refractivity contribution in [1.29, 1.82) is 0 Å². The summed E-state index contributed by atoms with van der Waals surface area (Å²) >= 11 is 3.28. The molecule has 1 aliphatic rings. The van der Waals surface area contributed by atoms with Gasteiger partial charge in [-0.25, -0.2) is 9.59 Å². The van der Waals surface area contributed by atoms with Gasteiger partial charge in [-0.3, -0.25) is 15.0 Å². The van der Waals surface area contributed by atoms with Crippen molar-refractivity contribution >= 4 is 33.6 Å². The standard InChI is InChI=1S/C15H16BrN3O5/c1-3-24-14(20)12-11(8-16)18(2)15(21)17-13(12)9-5-4-6-10(7-9)19(22)23/h4-7,13H,3,8H2,1-2H3,(H,17,21). The van der Waals surface area contributed by atoms with Crippen molar-refractivity contribution in [3.63, 3.8) is 0 Å². The number of hydrogen-bond donors (Lipinski definition) is 1. The topological polar surface area (TPSA) is 102 Å². The number of nitro benzene ring substituents is 1. The smallest absolute Gasteiger partial charge is 0.338 e. The van der Waals surface area contributed by atoms with Gasteiger partial charge in [0.2, 0.25) is 0 Å². The molecular formula is C15H16BrN3O5. The van der Waals surface area contributed by atoms with Gasteiger partial charge in [-0.15, -0.1) is 0 Å². The van der Waals surface area contributed by atoms with Gasteiger partial charge in [0.15, 0.2) is 0 Å². The molecule has 24 heavy (non-hydrogen) atoms. The minimum Gasteiger partial charge on any atom is -0.463 e. The van der Waals surface area contributed by atoms with Crippen LogP contribution >= 0.6 is 15.9 Å². The van der Waals surface area contributed by atoms with Gasteiger partial charge in [0.1, 0.15) is 0 Å². The summed E-state index contributed by atoms with van der Waals surface area (Å²) in [5.74, 6) is -0.574. The molecule has 1 N–H and O–H groups in total. The number of rotatable bonds is 5. The quantitative estimate of drug-likeness (QED) is 0.356. The van der Waals surface area contributed by atoms with E-state index in [1.807, 2.05) is 0 Å². The summed E-state index contributed by atoms with van der Waals surface area (Å²) in [5.41, 5.74) is 1.02. The van der Waals surface area contributed by atoms with Crippen LogP contribution < -0.4 is 5.32 Å². The highest BCUT2D eigenvalue weighted by Gasteiger charge is 2.36. The molecule has 128 valence electrons. The monoisotopic (exact) mass is 397 g/mol. The van der Waals surface area contributed by atoms with Crippen molar-refractivity contribution in [2.45, 2.75) is 13.0 Å². The number of hydrogen-bond acceptors (Lipinski definition) is 5. The number of non-ortho nitro benzene ring substituents is 1. The zero-order valence-corrected chi connectivity index (χ0v) is 14.7. The Morgan fingerprint density at radius 1 is 1.50 bits per heavy atom. The maximum atomic E-state index is 12.4. The first-order valence-corrected chi connectivity index (χ1v) is 8.27. The molecule has 8 nitrogen and oxygen atoms in total. The zero-order valence-electron chi connectivity index (χ0n) is 13.1. The second kappa shape index (κ2) is 7.43. The number of allylic oxidation sites excluding steroid dienone is 1. The molecular weight excluding hydrogens is 382 g/mol. The lowest BCUT2D eigenvalue weighted by Gasteiger charge is -2.33. The molecule has 1 atom stereocenters. The Morgan fingerprint density at radius 2 is 2.21 bits per heavy atom. The molecule has 0 spiro atoms. The molecule has 2 rings (SSSR count). The van der Waals surface area contributed by atoms with E-state index < -0.39 is 23.0 Å². The molecule has 0 aliphatic carbocycles. The Bertz CT molecular complexity index is 719. The van der Waals surface area contributed by atoms with Crippen LogP contribution in [0.25, 0.3) is 0 Å². The van der Waals surface area contributed by atoms with E-state index in [-0.39, 0.29) is 23.2 Å². The molecule has 0 saturated carbocycles. The number of alkyl halides is 1. The number of nitrogens with one attached hydrogen (secondary N) is 1. The highest BCUT2D eigenvalue weighted by atomic mass is 79.9. The van der Waals surface area contributed by atoms with Crippen LogP contribution in [0.15, 0.2) is 35.5 Å². The van der Waals surface area contributed by atoms with Crippen LogP contribution in [0.4, 0.5) is 10.5 Å². The molecule has 1 aromatic rings. The van der Waals surface area contributed by atoms with Crippen LogP contribution in [0.3, 0.4) is 0 Å². The summed E-state index contributed by atoms with van der Waals surface area (Å²) in [6, 6.07) is 4.58. The van der Waals surface area contributed by atoms with E-state index in [1.165, 1.54) is 30.1 Å². The van der Waals surface area contributed by atoms with Crippen molar-refractivity contribution in [1.82, 2.24) is 10.2 Å². The number of nitrogens with zero attached hydrogens (tertiary/aromatic N) is 2. The Labute approximate surface area is 146 Å². The van der Waals surface area contributed by atoms with E-state index in [1.54, 1.807) is 13.0 Å². The average Bonchev–Trinajstić information content (AvgIpc) is 2.56. The third kappa shape index (κ3) is 3.40. The highest BCUT2D eigenvalue weighted by molar-refractivity contribution is 9.09. The van der Waals surface area contributed by atoms with Gasteiger partial charge < -0.3 is 10.1 Å². The first-order valence-electron chi connectivity index (χ1n) is 7.15. The zero-order chi connectivity index (χ0) is 17.9. The number of benzene rings is 1. The van der Waals surface area contributed by atoms with Crippen LogP contribution in [0.1, 0.15) is 18.5 Å². The van der Waals surface area contributed by atoms with Gasteiger partial charge in [-0.05, 0) is 12.5 Å². The largest absolute Gasteiger partial charge is 0.463 e.